The van der Waals surface area contributed by atoms with Crippen LogP contribution in [0.4, 0.5) is 0 Å². The lowest BCUT2D eigenvalue weighted by Crippen LogP contribution is -2.44. The first kappa shape index (κ1) is 18.4. The zero-order valence-corrected chi connectivity index (χ0v) is 16.0. The summed E-state index contributed by atoms with van der Waals surface area (Å²) in [5.41, 5.74) is 4.78. The number of halogens is 1. The number of carbonyl (C=O) groups excluding carboxylic acids is 2. The second-order valence-corrected chi connectivity index (χ2v) is 7.61. The maximum atomic E-state index is 12.6. The number of rotatable bonds is 4. The monoisotopic (exact) mass is 414 g/mol. The highest BCUT2D eigenvalue weighted by Crippen LogP contribution is 2.40. The van der Waals surface area contributed by atoms with E-state index in [1.54, 1.807) is 54.6 Å². The predicted molar refractivity (Wildman–Crippen MR) is 107 cm³/mol. The SMILES string of the molecule is O=C(NN1C(=O)CSC1c1ccccc1O)c1cc(-c2ccc(Cl)cc2)n[nH]1. The van der Waals surface area contributed by atoms with E-state index in [9.17, 15) is 14.7 Å². The van der Waals surface area contributed by atoms with Gasteiger partial charge in [0.25, 0.3) is 11.8 Å². The molecule has 142 valence electrons. The van der Waals surface area contributed by atoms with Gasteiger partial charge in [-0.15, -0.1) is 11.8 Å². The molecule has 2 heterocycles. The largest absolute Gasteiger partial charge is 0.508 e. The zero-order valence-electron chi connectivity index (χ0n) is 14.4. The summed E-state index contributed by atoms with van der Waals surface area (Å²) in [5, 5.41) is 18.3. The first-order chi connectivity index (χ1) is 13.5. The van der Waals surface area contributed by atoms with E-state index >= 15 is 0 Å². The molecule has 1 atom stereocenters. The Morgan fingerprint density at radius 1 is 1.25 bits per heavy atom. The molecule has 2 aromatic carbocycles. The van der Waals surface area contributed by atoms with Crippen molar-refractivity contribution in [2.24, 2.45) is 0 Å². The van der Waals surface area contributed by atoms with E-state index in [0.717, 1.165) is 5.56 Å². The van der Waals surface area contributed by atoms with Crippen LogP contribution in [0.5, 0.6) is 5.75 Å². The van der Waals surface area contributed by atoms with Crippen molar-refractivity contribution in [3.8, 4) is 17.0 Å². The van der Waals surface area contributed by atoms with Crippen LogP contribution in [0, 0.1) is 0 Å². The lowest BCUT2D eigenvalue weighted by molar-refractivity contribution is -0.130. The molecule has 7 nitrogen and oxygen atoms in total. The minimum absolute atomic E-state index is 0.0699. The minimum Gasteiger partial charge on any atom is -0.508 e. The van der Waals surface area contributed by atoms with Crippen LogP contribution in [0.25, 0.3) is 11.3 Å². The number of phenols is 1. The molecule has 1 aliphatic rings. The topological polar surface area (TPSA) is 98.3 Å². The number of amides is 2. The van der Waals surface area contributed by atoms with E-state index in [2.05, 4.69) is 15.6 Å². The van der Waals surface area contributed by atoms with Gasteiger partial charge in [-0.1, -0.05) is 41.9 Å². The Labute approximate surface area is 169 Å². The predicted octanol–water partition coefficient (Wildman–Crippen LogP) is 3.35. The van der Waals surface area contributed by atoms with Gasteiger partial charge in [-0.3, -0.25) is 20.1 Å². The summed E-state index contributed by atoms with van der Waals surface area (Å²) < 4.78 is 0. The van der Waals surface area contributed by atoms with Crippen molar-refractivity contribution in [3.05, 3.63) is 70.9 Å². The molecule has 3 aromatic rings. The highest BCUT2D eigenvalue weighted by Gasteiger charge is 2.36. The summed E-state index contributed by atoms with van der Waals surface area (Å²) in [7, 11) is 0. The maximum Gasteiger partial charge on any atom is 0.287 e. The number of para-hydroxylation sites is 1. The molecule has 1 aliphatic heterocycles. The smallest absolute Gasteiger partial charge is 0.287 e. The number of hydrazine groups is 1. The summed E-state index contributed by atoms with van der Waals surface area (Å²) in [4.78, 5) is 24.9. The highest BCUT2D eigenvalue weighted by atomic mass is 35.5. The van der Waals surface area contributed by atoms with Crippen molar-refractivity contribution in [2.45, 2.75) is 5.37 Å². The number of hydrogen-bond donors (Lipinski definition) is 3. The molecule has 1 unspecified atom stereocenters. The summed E-state index contributed by atoms with van der Waals surface area (Å²) in [6.07, 6.45) is 0. The molecule has 4 rings (SSSR count). The van der Waals surface area contributed by atoms with Gasteiger partial charge < -0.3 is 5.11 Å². The molecule has 0 spiro atoms. The van der Waals surface area contributed by atoms with Crippen molar-refractivity contribution >= 4 is 35.2 Å². The Morgan fingerprint density at radius 2 is 2.00 bits per heavy atom. The van der Waals surface area contributed by atoms with Gasteiger partial charge >= 0.3 is 0 Å². The first-order valence-electron chi connectivity index (χ1n) is 8.37. The van der Waals surface area contributed by atoms with Gasteiger partial charge in [-0.2, -0.15) is 5.10 Å². The number of aromatic nitrogens is 2. The Balaban J connectivity index is 1.53. The molecular formula is C19H15ClN4O3S. The summed E-state index contributed by atoms with van der Waals surface area (Å²) in [6.45, 7) is 0. The fraction of sp³-hybridized carbons (Fsp3) is 0.105. The van der Waals surface area contributed by atoms with Gasteiger partial charge in [-0.05, 0) is 24.3 Å². The Kier molecular flexibility index (Phi) is 4.97. The van der Waals surface area contributed by atoms with Crippen LogP contribution < -0.4 is 5.43 Å². The minimum atomic E-state index is -0.503. The second kappa shape index (κ2) is 7.57. The molecule has 1 fully saturated rings. The Bertz CT molecular complexity index is 1040. The van der Waals surface area contributed by atoms with Crippen LogP contribution in [0.3, 0.4) is 0 Å². The molecule has 2 amide bonds. The van der Waals surface area contributed by atoms with Crippen LogP contribution in [0.15, 0.2) is 54.6 Å². The van der Waals surface area contributed by atoms with Crippen LogP contribution in [0.1, 0.15) is 21.4 Å². The number of carbonyl (C=O) groups is 2. The van der Waals surface area contributed by atoms with Crippen molar-refractivity contribution in [1.29, 1.82) is 0 Å². The molecule has 28 heavy (non-hydrogen) atoms. The molecule has 0 radical (unpaired) electrons. The van der Waals surface area contributed by atoms with Crippen LogP contribution in [0.2, 0.25) is 5.02 Å². The summed E-state index contributed by atoms with van der Waals surface area (Å²) in [5.74, 6) is -0.466. The molecule has 9 heteroatoms. The number of nitrogens with zero attached hydrogens (tertiary/aromatic N) is 2. The number of hydrogen-bond acceptors (Lipinski definition) is 5. The standard InChI is InChI=1S/C19H15ClN4O3S/c20-12-7-5-11(6-8-12)14-9-15(22-21-14)18(27)23-24-17(26)10-28-19(24)13-3-1-2-4-16(13)25/h1-9,19,25H,10H2,(H,21,22)(H,23,27). The third kappa shape index (κ3) is 3.56. The van der Waals surface area contributed by atoms with Crippen LogP contribution >= 0.6 is 23.4 Å². The normalized spacial score (nSPS) is 16.4. The lowest BCUT2D eigenvalue weighted by Gasteiger charge is -2.24. The van der Waals surface area contributed by atoms with Gasteiger partial charge in [0.2, 0.25) is 0 Å². The van der Waals surface area contributed by atoms with Crippen molar-refractivity contribution in [2.75, 3.05) is 5.75 Å². The van der Waals surface area contributed by atoms with Crippen molar-refractivity contribution in [3.63, 3.8) is 0 Å². The van der Waals surface area contributed by atoms with E-state index < -0.39 is 11.3 Å². The van der Waals surface area contributed by atoms with Crippen LogP contribution in [-0.4, -0.2) is 37.9 Å². The van der Waals surface area contributed by atoms with Crippen LogP contribution in [-0.2, 0) is 4.79 Å². The maximum absolute atomic E-state index is 12.6. The third-order valence-electron chi connectivity index (χ3n) is 4.26. The average molecular weight is 415 g/mol. The molecule has 0 bridgehead atoms. The van der Waals surface area contributed by atoms with Gasteiger partial charge in [-0.25, -0.2) is 5.01 Å². The van der Waals surface area contributed by atoms with Gasteiger partial charge in [0.15, 0.2) is 0 Å². The van der Waals surface area contributed by atoms with Gasteiger partial charge in [0.1, 0.15) is 16.8 Å². The first-order valence-corrected chi connectivity index (χ1v) is 9.79. The molecule has 0 aliphatic carbocycles. The number of aromatic amines is 1. The lowest BCUT2D eigenvalue weighted by atomic mass is 10.1. The van der Waals surface area contributed by atoms with Crippen molar-refractivity contribution in [1.82, 2.24) is 20.6 Å². The molecule has 0 saturated carbocycles. The summed E-state index contributed by atoms with van der Waals surface area (Å²) in [6, 6.07) is 15.4. The fourth-order valence-corrected chi connectivity index (χ4v) is 4.11. The third-order valence-corrected chi connectivity index (χ3v) is 5.70. The number of thioether (sulfide) groups is 1. The Hall–Kier alpha value is -2.97. The molecular weight excluding hydrogens is 400 g/mol. The van der Waals surface area contributed by atoms with Crippen molar-refractivity contribution < 1.29 is 14.7 Å². The van der Waals surface area contributed by atoms with E-state index in [4.69, 9.17) is 11.6 Å². The molecule has 1 saturated heterocycles. The van der Waals surface area contributed by atoms with E-state index in [0.29, 0.717) is 16.3 Å². The number of phenolic OH excluding ortho intramolecular Hbond substituents is 1. The molecule has 1 aromatic heterocycles. The molecule has 3 N–H and O–H groups in total. The van der Waals surface area contributed by atoms with Gasteiger partial charge in [0, 0.05) is 16.1 Å². The number of aromatic hydroxyl groups is 1. The quantitative estimate of drug-likeness (QED) is 0.608. The van der Waals surface area contributed by atoms with E-state index in [1.807, 2.05) is 0 Å². The fourth-order valence-electron chi connectivity index (χ4n) is 2.85. The van der Waals surface area contributed by atoms with Gasteiger partial charge in [0.05, 0.1) is 11.4 Å². The number of nitrogens with one attached hydrogen (secondary N) is 2. The average Bonchev–Trinajstić information content (AvgIpc) is 3.31. The number of benzene rings is 2. The highest BCUT2D eigenvalue weighted by molar-refractivity contribution is 8.00. The Morgan fingerprint density at radius 3 is 2.75 bits per heavy atom. The number of H-pyrrole nitrogens is 1. The summed E-state index contributed by atoms with van der Waals surface area (Å²) >= 11 is 7.22. The van der Waals surface area contributed by atoms with E-state index in [1.165, 1.54) is 16.8 Å². The second-order valence-electron chi connectivity index (χ2n) is 6.10. The van der Waals surface area contributed by atoms with E-state index in [-0.39, 0.29) is 23.1 Å². The zero-order chi connectivity index (χ0) is 19.7.